The Labute approximate surface area is 139 Å². The van der Waals surface area contributed by atoms with Crippen LogP contribution in [-0.2, 0) is 20.8 Å². The van der Waals surface area contributed by atoms with Gasteiger partial charge in [-0.1, -0.05) is 42.5 Å². The summed E-state index contributed by atoms with van der Waals surface area (Å²) in [5.74, 6) is -1.58. The Morgan fingerprint density at radius 2 is 1.71 bits per heavy atom. The number of fused-ring (bicyclic) bond motifs is 1. The Kier molecular flexibility index (Phi) is 5.86. The van der Waals surface area contributed by atoms with Crippen LogP contribution >= 0.6 is 0 Å². The predicted molar refractivity (Wildman–Crippen MR) is 90.8 cm³/mol. The monoisotopic (exact) mass is 328 g/mol. The predicted octanol–water partition coefficient (Wildman–Crippen LogP) is -0.573. The standard InChI is InChI=1S/C17H20N4O3/c18-9-15(22)20-10-16(23)21-14(17(19)24)8-11-5-6-12-3-1-2-4-13(12)7-11/h1-7,14H,8-10,18H2,(H2,19,24)(H,20,22)(H,21,23). The minimum atomic E-state index is -0.853. The molecule has 0 spiro atoms. The van der Waals surface area contributed by atoms with E-state index in [1.54, 1.807) is 0 Å². The summed E-state index contributed by atoms with van der Waals surface area (Å²) in [4.78, 5) is 34.4. The van der Waals surface area contributed by atoms with Gasteiger partial charge in [-0.05, 0) is 16.3 Å². The van der Waals surface area contributed by atoms with Crippen LogP contribution in [0.15, 0.2) is 42.5 Å². The van der Waals surface area contributed by atoms with Crippen LogP contribution in [-0.4, -0.2) is 36.9 Å². The zero-order valence-electron chi connectivity index (χ0n) is 13.1. The second-order valence-corrected chi connectivity index (χ2v) is 5.39. The number of nitrogens with two attached hydrogens (primary N) is 2. The molecule has 0 aliphatic rings. The Bertz CT molecular complexity index is 760. The van der Waals surface area contributed by atoms with Gasteiger partial charge in [0.25, 0.3) is 0 Å². The number of hydrogen-bond acceptors (Lipinski definition) is 4. The van der Waals surface area contributed by atoms with E-state index in [1.165, 1.54) is 0 Å². The van der Waals surface area contributed by atoms with Gasteiger partial charge in [0.05, 0.1) is 13.1 Å². The SMILES string of the molecule is NCC(=O)NCC(=O)NC(Cc1ccc2ccccc2c1)C(N)=O. The van der Waals surface area contributed by atoms with Gasteiger partial charge in [0.1, 0.15) is 6.04 Å². The molecule has 7 nitrogen and oxygen atoms in total. The maximum atomic E-state index is 11.8. The third kappa shape index (κ3) is 4.79. The Morgan fingerprint density at radius 1 is 1.00 bits per heavy atom. The number of benzene rings is 2. The van der Waals surface area contributed by atoms with Crippen LogP contribution in [0, 0.1) is 0 Å². The summed E-state index contributed by atoms with van der Waals surface area (Å²) >= 11 is 0. The normalized spacial score (nSPS) is 11.7. The molecule has 0 radical (unpaired) electrons. The summed E-state index contributed by atoms with van der Waals surface area (Å²) < 4.78 is 0. The average molecular weight is 328 g/mol. The number of rotatable bonds is 7. The van der Waals surface area contributed by atoms with Gasteiger partial charge in [-0.2, -0.15) is 0 Å². The van der Waals surface area contributed by atoms with E-state index in [1.807, 2.05) is 42.5 Å². The number of nitrogens with one attached hydrogen (secondary N) is 2. The van der Waals surface area contributed by atoms with E-state index >= 15 is 0 Å². The van der Waals surface area contributed by atoms with Crippen molar-refractivity contribution in [2.45, 2.75) is 12.5 Å². The van der Waals surface area contributed by atoms with Gasteiger partial charge in [-0.15, -0.1) is 0 Å². The van der Waals surface area contributed by atoms with E-state index < -0.39 is 23.8 Å². The van der Waals surface area contributed by atoms with Crippen molar-refractivity contribution >= 4 is 28.5 Å². The zero-order valence-corrected chi connectivity index (χ0v) is 13.1. The lowest BCUT2D eigenvalue weighted by atomic mass is 10.0. The molecular formula is C17H20N4O3. The first-order valence-corrected chi connectivity index (χ1v) is 7.52. The molecule has 2 rings (SSSR count). The van der Waals surface area contributed by atoms with Crippen molar-refractivity contribution in [2.24, 2.45) is 11.5 Å². The Morgan fingerprint density at radius 3 is 2.38 bits per heavy atom. The second kappa shape index (κ2) is 8.07. The lowest BCUT2D eigenvalue weighted by molar-refractivity contribution is -0.128. The summed E-state index contributed by atoms with van der Waals surface area (Å²) in [5, 5.41) is 6.99. The van der Waals surface area contributed by atoms with Crippen LogP contribution in [0.3, 0.4) is 0 Å². The molecule has 1 unspecified atom stereocenters. The molecule has 3 amide bonds. The van der Waals surface area contributed by atoms with Gasteiger partial charge >= 0.3 is 0 Å². The zero-order chi connectivity index (χ0) is 17.5. The molecule has 1 atom stereocenters. The van der Waals surface area contributed by atoms with Crippen molar-refractivity contribution < 1.29 is 14.4 Å². The molecule has 0 saturated heterocycles. The average Bonchev–Trinajstić information content (AvgIpc) is 2.58. The molecule has 0 aliphatic heterocycles. The fourth-order valence-electron chi connectivity index (χ4n) is 2.32. The lowest BCUT2D eigenvalue weighted by Crippen LogP contribution is -2.49. The number of amides is 3. The molecule has 0 aromatic heterocycles. The molecule has 0 bridgehead atoms. The largest absolute Gasteiger partial charge is 0.368 e. The minimum Gasteiger partial charge on any atom is -0.368 e. The highest BCUT2D eigenvalue weighted by atomic mass is 16.2. The van der Waals surface area contributed by atoms with Gasteiger partial charge in [-0.3, -0.25) is 14.4 Å². The van der Waals surface area contributed by atoms with Gasteiger partial charge in [0, 0.05) is 6.42 Å². The molecule has 0 heterocycles. The van der Waals surface area contributed by atoms with Gasteiger partial charge < -0.3 is 22.1 Å². The molecular weight excluding hydrogens is 308 g/mol. The smallest absolute Gasteiger partial charge is 0.240 e. The van der Waals surface area contributed by atoms with Crippen LogP contribution in [0.25, 0.3) is 10.8 Å². The van der Waals surface area contributed by atoms with Crippen molar-refractivity contribution in [3.63, 3.8) is 0 Å². The molecule has 6 N–H and O–H groups in total. The molecule has 2 aromatic carbocycles. The molecule has 0 saturated carbocycles. The molecule has 24 heavy (non-hydrogen) atoms. The van der Waals surface area contributed by atoms with Crippen LogP contribution < -0.4 is 22.1 Å². The van der Waals surface area contributed by atoms with E-state index in [-0.39, 0.29) is 19.5 Å². The van der Waals surface area contributed by atoms with Gasteiger partial charge in [0.2, 0.25) is 17.7 Å². The first-order valence-electron chi connectivity index (χ1n) is 7.52. The van der Waals surface area contributed by atoms with Crippen molar-refractivity contribution in [3.8, 4) is 0 Å². The summed E-state index contributed by atoms with van der Waals surface area (Å²) in [6.07, 6.45) is 0.275. The van der Waals surface area contributed by atoms with Crippen LogP contribution in [0.1, 0.15) is 5.56 Å². The molecule has 0 aliphatic carbocycles. The summed E-state index contributed by atoms with van der Waals surface area (Å²) in [6.45, 7) is -0.457. The number of primary amides is 1. The maximum absolute atomic E-state index is 11.8. The fourth-order valence-corrected chi connectivity index (χ4v) is 2.32. The van der Waals surface area contributed by atoms with Crippen LogP contribution in [0.5, 0.6) is 0 Å². The van der Waals surface area contributed by atoms with Crippen molar-refractivity contribution in [2.75, 3.05) is 13.1 Å². The molecule has 2 aromatic rings. The van der Waals surface area contributed by atoms with Gasteiger partial charge in [0.15, 0.2) is 0 Å². The first-order chi connectivity index (χ1) is 11.5. The highest BCUT2D eigenvalue weighted by Gasteiger charge is 2.19. The second-order valence-electron chi connectivity index (χ2n) is 5.39. The van der Waals surface area contributed by atoms with Crippen LogP contribution in [0.2, 0.25) is 0 Å². The fraction of sp³-hybridized carbons (Fsp3) is 0.235. The minimum absolute atomic E-state index is 0.205. The highest BCUT2D eigenvalue weighted by Crippen LogP contribution is 2.16. The Hall–Kier alpha value is -2.93. The number of hydrogen-bond donors (Lipinski definition) is 4. The number of carbonyl (C=O) groups is 3. The summed E-state index contributed by atoms with van der Waals surface area (Å²) in [6, 6.07) is 12.8. The number of carbonyl (C=O) groups excluding carboxylic acids is 3. The highest BCUT2D eigenvalue weighted by molar-refractivity contribution is 5.90. The molecule has 126 valence electrons. The summed E-state index contributed by atoms with van der Waals surface area (Å²) in [5.41, 5.74) is 11.4. The van der Waals surface area contributed by atoms with Crippen molar-refractivity contribution in [3.05, 3.63) is 48.0 Å². The van der Waals surface area contributed by atoms with Crippen molar-refractivity contribution in [1.29, 1.82) is 0 Å². The lowest BCUT2D eigenvalue weighted by Gasteiger charge is -2.16. The quantitative estimate of drug-likeness (QED) is 0.542. The van der Waals surface area contributed by atoms with Crippen molar-refractivity contribution in [1.82, 2.24) is 10.6 Å². The third-order valence-corrected chi connectivity index (χ3v) is 3.56. The van der Waals surface area contributed by atoms with Crippen LogP contribution in [0.4, 0.5) is 0 Å². The first kappa shape index (κ1) is 17.4. The topological polar surface area (TPSA) is 127 Å². The maximum Gasteiger partial charge on any atom is 0.240 e. The van der Waals surface area contributed by atoms with E-state index in [2.05, 4.69) is 10.6 Å². The van der Waals surface area contributed by atoms with E-state index in [4.69, 9.17) is 11.5 Å². The Balaban J connectivity index is 2.03. The van der Waals surface area contributed by atoms with E-state index in [0.717, 1.165) is 16.3 Å². The van der Waals surface area contributed by atoms with Gasteiger partial charge in [-0.25, -0.2) is 0 Å². The summed E-state index contributed by atoms with van der Waals surface area (Å²) in [7, 11) is 0. The molecule has 0 fully saturated rings. The third-order valence-electron chi connectivity index (χ3n) is 3.56. The van der Waals surface area contributed by atoms with E-state index in [9.17, 15) is 14.4 Å². The van der Waals surface area contributed by atoms with E-state index in [0.29, 0.717) is 0 Å². The molecule has 7 heteroatoms.